The van der Waals surface area contributed by atoms with E-state index >= 15 is 0 Å². The number of benzene rings is 1. The monoisotopic (exact) mass is 295 g/mol. The first-order chi connectivity index (χ1) is 9.92. The van der Waals surface area contributed by atoms with Gasteiger partial charge in [-0.3, -0.25) is 9.59 Å². The number of rotatable bonds is 8. The summed E-state index contributed by atoms with van der Waals surface area (Å²) in [4.78, 5) is 24.2. The zero-order chi connectivity index (χ0) is 15.8. The Morgan fingerprint density at radius 1 is 1.29 bits per heavy atom. The summed E-state index contributed by atoms with van der Waals surface area (Å²) in [6, 6.07) is 7.10. The normalized spacial score (nSPS) is 11.8. The van der Waals surface area contributed by atoms with Crippen molar-refractivity contribution < 1.29 is 24.5 Å². The lowest BCUT2D eigenvalue weighted by molar-refractivity contribution is -0.138. The summed E-state index contributed by atoms with van der Waals surface area (Å²) in [5, 5.41) is 18.1. The van der Waals surface area contributed by atoms with E-state index in [4.69, 9.17) is 9.84 Å². The van der Waals surface area contributed by atoms with Crippen LogP contribution in [0.1, 0.15) is 18.9 Å². The number of carbonyl (C=O) groups excluding carboxylic acids is 1. The van der Waals surface area contributed by atoms with Crippen LogP contribution in [-0.4, -0.2) is 53.3 Å². The van der Waals surface area contributed by atoms with Gasteiger partial charge in [-0.2, -0.15) is 0 Å². The fourth-order valence-corrected chi connectivity index (χ4v) is 1.90. The summed E-state index contributed by atoms with van der Waals surface area (Å²) in [6.07, 6.45) is -0.671. The number of carbonyl (C=O) groups is 2. The van der Waals surface area contributed by atoms with Gasteiger partial charge < -0.3 is 19.8 Å². The van der Waals surface area contributed by atoms with E-state index in [1.807, 2.05) is 0 Å². The summed E-state index contributed by atoms with van der Waals surface area (Å²) in [6.45, 7) is 1.78. The zero-order valence-corrected chi connectivity index (χ0v) is 12.3. The van der Waals surface area contributed by atoms with E-state index in [1.54, 1.807) is 38.3 Å². The number of carboxylic acid groups (broad SMARTS) is 1. The molecule has 0 saturated carbocycles. The van der Waals surface area contributed by atoms with Gasteiger partial charge in [0.05, 0.1) is 26.1 Å². The number of hydrogen-bond acceptors (Lipinski definition) is 4. The highest BCUT2D eigenvalue weighted by Gasteiger charge is 2.17. The Hall–Kier alpha value is -2.08. The fraction of sp³-hybridized carbons (Fsp3) is 0.467. The second kappa shape index (κ2) is 8.26. The summed E-state index contributed by atoms with van der Waals surface area (Å²) >= 11 is 0. The second-order valence-corrected chi connectivity index (χ2v) is 4.86. The van der Waals surface area contributed by atoms with Gasteiger partial charge in [-0.05, 0) is 24.6 Å². The first-order valence-electron chi connectivity index (χ1n) is 6.73. The molecule has 0 radical (unpaired) electrons. The molecule has 6 nitrogen and oxygen atoms in total. The van der Waals surface area contributed by atoms with E-state index in [2.05, 4.69) is 0 Å². The summed E-state index contributed by atoms with van der Waals surface area (Å²) in [7, 11) is 1.57. The van der Waals surface area contributed by atoms with Crippen LogP contribution in [0.5, 0.6) is 5.75 Å². The minimum atomic E-state index is -0.970. The number of nitrogens with zero attached hydrogens (tertiary/aromatic N) is 1. The molecular formula is C15H21NO5. The Morgan fingerprint density at radius 2 is 1.90 bits per heavy atom. The predicted molar refractivity (Wildman–Crippen MR) is 77.2 cm³/mol. The Balaban J connectivity index is 2.67. The van der Waals surface area contributed by atoms with Crippen molar-refractivity contribution in [3.05, 3.63) is 29.8 Å². The maximum absolute atomic E-state index is 12.2. The lowest BCUT2D eigenvalue weighted by Crippen LogP contribution is -2.39. The molecule has 1 unspecified atom stereocenters. The van der Waals surface area contributed by atoms with E-state index in [9.17, 15) is 14.7 Å². The molecule has 6 heteroatoms. The average Bonchev–Trinajstić information content (AvgIpc) is 2.43. The van der Waals surface area contributed by atoms with Gasteiger partial charge >= 0.3 is 5.97 Å². The molecule has 0 spiro atoms. The number of hydrogen-bond donors (Lipinski definition) is 2. The summed E-state index contributed by atoms with van der Waals surface area (Å²) in [5.74, 6) is -0.469. The maximum atomic E-state index is 12.2. The van der Waals surface area contributed by atoms with Gasteiger partial charge in [-0.15, -0.1) is 0 Å². The molecule has 1 atom stereocenters. The Labute approximate surface area is 124 Å². The van der Waals surface area contributed by atoms with Crippen LogP contribution in [0.15, 0.2) is 24.3 Å². The highest BCUT2D eigenvalue weighted by atomic mass is 16.5. The van der Waals surface area contributed by atoms with Crippen LogP contribution in [-0.2, 0) is 16.0 Å². The van der Waals surface area contributed by atoms with Crippen LogP contribution in [0.3, 0.4) is 0 Å². The van der Waals surface area contributed by atoms with E-state index in [0.29, 0.717) is 5.75 Å². The van der Waals surface area contributed by atoms with E-state index in [1.165, 1.54) is 4.90 Å². The van der Waals surface area contributed by atoms with Crippen molar-refractivity contribution in [2.24, 2.45) is 0 Å². The molecule has 21 heavy (non-hydrogen) atoms. The third-order valence-corrected chi connectivity index (χ3v) is 2.95. The number of aliphatic hydroxyl groups is 1. The van der Waals surface area contributed by atoms with Crippen molar-refractivity contribution in [1.29, 1.82) is 0 Å². The number of methoxy groups -OCH3 is 1. The van der Waals surface area contributed by atoms with Gasteiger partial charge in [0, 0.05) is 13.1 Å². The van der Waals surface area contributed by atoms with Gasteiger partial charge in [0.15, 0.2) is 0 Å². The maximum Gasteiger partial charge on any atom is 0.305 e. The molecule has 0 aliphatic carbocycles. The van der Waals surface area contributed by atoms with Crippen LogP contribution in [0.25, 0.3) is 0 Å². The van der Waals surface area contributed by atoms with E-state index in [0.717, 1.165) is 5.56 Å². The molecule has 0 fully saturated rings. The lowest BCUT2D eigenvalue weighted by Gasteiger charge is -2.23. The fourth-order valence-electron chi connectivity index (χ4n) is 1.90. The number of ether oxygens (including phenoxy) is 1. The van der Waals surface area contributed by atoms with Crippen LogP contribution in [0.4, 0.5) is 0 Å². The molecule has 1 aromatic rings. The zero-order valence-electron chi connectivity index (χ0n) is 12.3. The largest absolute Gasteiger partial charge is 0.497 e. The highest BCUT2D eigenvalue weighted by Crippen LogP contribution is 2.12. The molecule has 0 aromatic heterocycles. The molecule has 0 heterocycles. The Kier molecular flexibility index (Phi) is 6.68. The van der Waals surface area contributed by atoms with Crippen molar-refractivity contribution in [2.45, 2.75) is 25.9 Å². The molecule has 1 rings (SSSR count). The second-order valence-electron chi connectivity index (χ2n) is 4.86. The highest BCUT2D eigenvalue weighted by molar-refractivity contribution is 5.79. The van der Waals surface area contributed by atoms with Crippen LogP contribution in [0.2, 0.25) is 0 Å². The van der Waals surface area contributed by atoms with Crippen LogP contribution < -0.4 is 4.74 Å². The SMILES string of the molecule is COc1ccc(CC(=O)N(CCC(=O)O)CC(C)O)cc1. The smallest absolute Gasteiger partial charge is 0.305 e. The van der Waals surface area contributed by atoms with Crippen molar-refractivity contribution in [2.75, 3.05) is 20.2 Å². The van der Waals surface area contributed by atoms with Crippen LogP contribution in [0, 0.1) is 0 Å². The molecule has 0 aliphatic rings. The van der Waals surface area contributed by atoms with Crippen molar-refractivity contribution in [1.82, 2.24) is 4.90 Å². The average molecular weight is 295 g/mol. The Bertz CT molecular complexity index is 469. The molecule has 1 aromatic carbocycles. The molecule has 0 aliphatic heterocycles. The van der Waals surface area contributed by atoms with Crippen molar-refractivity contribution >= 4 is 11.9 Å². The first kappa shape index (κ1) is 17.0. The third-order valence-electron chi connectivity index (χ3n) is 2.95. The molecule has 0 bridgehead atoms. The molecule has 1 amide bonds. The van der Waals surface area contributed by atoms with Gasteiger partial charge in [0.25, 0.3) is 0 Å². The quantitative estimate of drug-likeness (QED) is 0.745. The number of amides is 1. The molecule has 0 saturated heterocycles. The third kappa shape index (κ3) is 6.27. The lowest BCUT2D eigenvalue weighted by atomic mass is 10.1. The van der Waals surface area contributed by atoms with Gasteiger partial charge in [0.2, 0.25) is 5.91 Å². The minimum absolute atomic E-state index is 0.0925. The van der Waals surface area contributed by atoms with E-state index < -0.39 is 12.1 Å². The molecule has 116 valence electrons. The van der Waals surface area contributed by atoms with Crippen molar-refractivity contribution in [3.8, 4) is 5.75 Å². The minimum Gasteiger partial charge on any atom is -0.497 e. The predicted octanol–water partition coefficient (Wildman–Crippen LogP) is 0.922. The summed E-state index contributed by atoms with van der Waals surface area (Å²) < 4.78 is 5.05. The van der Waals surface area contributed by atoms with Crippen LogP contribution >= 0.6 is 0 Å². The van der Waals surface area contributed by atoms with Gasteiger partial charge in [-0.25, -0.2) is 0 Å². The molecule has 2 N–H and O–H groups in total. The standard InChI is InChI=1S/C15H21NO5/c1-11(17)10-16(8-7-15(19)20)14(18)9-12-3-5-13(21-2)6-4-12/h3-6,11,17H,7-10H2,1-2H3,(H,19,20). The Morgan fingerprint density at radius 3 is 2.38 bits per heavy atom. The van der Waals surface area contributed by atoms with Gasteiger partial charge in [-0.1, -0.05) is 12.1 Å². The van der Waals surface area contributed by atoms with Crippen molar-refractivity contribution in [3.63, 3.8) is 0 Å². The number of aliphatic hydroxyl groups excluding tert-OH is 1. The summed E-state index contributed by atoms with van der Waals surface area (Å²) in [5.41, 5.74) is 0.812. The molecular weight excluding hydrogens is 274 g/mol. The number of aliphatic carboxylic acids is 1. The topological polar surface area (TPSA) is 87.1 Å². The van der Waals surface area contributed by atoms with Gasteiger partial charge in [0.1, 0.15) is 5.75 Å². The van der Waals surface area contributed by atoms with E-state index in [-0.39, 0.29) is 31.8 Å². The number of carboxylic acids is 1. The first-order valence-corrected chi connectivity index (χ1v) is 6.73.